The molecule has 2 nitrogen and oxygen atoms in total. The number of carbonyl (C=O) groups excluding carboxylic acids is 1. The molecule has 74 valence electrons. The smallest absolute Gasteiger partial charge is 0.220 e. The number of amides is 1. The Kier molecular flexibility index (Phi) is 2.54. The third-order valence-corrected chi connectivity index (χ3v) is 3.04. The zero-order valence-corrected chi connectivity index (χ0v) is 8.97. The van der Waals surface area contributed by atoms with Crippen LogP contribution in [0.3, 0.4) is 0 Å². The van der Waals surface area contributed by atoms with Crippen LogP contribution in [-0.4, -0.2) is 12.5 Å². The first-order valence-electron chi connectivity index (χ1n) is 4.38. The second-order valence-electron chi connectivity index (χ2n) is 3.38. The maximum atomic E-state index is 13.2. The van der Waals surface area contributed by atoms with Crippen LogP contribution in [0.25, 0.3) is 0 Å². The van der Waals surface area contributed by atoms with Crippen LogP contribution in [0.1, 0.15) is 17.9 Å². The molecule has 0 aromatic heterocycles. The van der Waals surface area contributed by atoms with Crippen molar-refractivity contribution < 1.29 is 9.18 Å². The Labute approximate surface area is 89.6 Å². The summed E-state index contributed by atoms with van der Waals surface area (Å²) in [6.07, 6.45) is 0.459. The van der Waals surface area contributed by atoms with Crippen molar-refractivity contribution in [3.8, 4) is 0 Å². The summed E-state index contributed by atoms with van der Waals surface area (Å²) in [6.45, 7) is 0.611. The Morgan fingerprint density at radius 3 is 2.86 bits per heavy atom. The van der Waals surface area contributed by atoms with Gasteiger partial charge in [0.25, 0.3) is 0 Å². The van der Waals surface area contributed by atoms with Gasteiger partial charge in [0.05, 0.1) is 4.47 Å². The van der Waals surface area contributed by atoms with Crippen molar-refractivity contribution in [1.82, 2.24) is 5.32 Å². The standard InChI is InChI=1S/C10H9BrFNO/c11-8-2-1-6(3-9(8)12)7-4-10(14)13-5-7/h1-3,7H,4-5H2,(H,13,14). The van der Waals surface area contributed by atoms with Gasteiger partial charge in [-0.25, -0.2) is 4.39 Å². The lowest BCUT2D eigenvalue weighted by Crippen LogP contribution is -2.13. The van der Waals surface area contributed by atoms with E-state index in [0.29, 0.717) is 17.4 Å². The molecule has 1 amide bonds. The molecule has 0 spiro atoms. The molecule has 0 bridgehead atoms. The van der Waals surface area contributed by atoms with Gasteiger partial charge in [-0.05, 0) is 33.6 Å². The summed E-state index contributed by atoms with van der Waals surface area (Å²) in [6, 6.07) is 5.00. The van der Waals surface area contributed by atoms with Crippen LogP contribution in [0.15, 0.2) is 22.7 Å². The SMILES string of the molecule is O=C1CC(c2ccc(Br)c(F)c2)CN1. The second-order valence-corrected chi connectivity index (χ2v) is 4.23. The third kappa shape index (κ3) is 1.80. The van der Waals surface area contributed by atoms with Crippen molar-refractivity contribution in [1.29, 1.82) is 0 Å². The molecular formula is C10H9BrFNO. The molecule has 0 radical (unpaired) electrons. The highest BCUT2D eigenvalue weighted by atomic mass is 79.9. The van der Waals surface area contributed by atoms with E-state index in [4.69, 9.17) is 0 Å². The zero-order valence-electron chi connectivity index (χ0n) is 7.39. The molecule has 0 aliphatic carbocycles. The molecule has 1 atom stereocenters. The summed E-state index contributed by atoms with van der Waals surface area (Å²) in [4.78, 5) is 11.0. The van der Waals surface area contributed by atoms with Crippen molar-refractivity contribution in [2.24, 2.45) is 0 Å². The van der Waals surface area contributed by atoms with Crippen LogP contribution in [-0.2, 0) is 4.79 Å². The summed E-state index contributed by atoms with van der Waals surface area (Å²) in [5, 5.41) is 2.73. The molecule has 4 heteroatoms. The van der Waals surface area contributed by atoms with Gasteiger partial charge in [0.15, 0.2) is 0 Å². The van der Waals surface area contributed by atoms with Crippen LogP contribution in [0, 0.1) is 5.82 Å². The largest absolute Gasteiger partial charge is 0.355 e. The number of carbonyl (C=O) groups is 1. The monoisotopic (exact) mass is 257 g/mol. The molecule has 2 rings (SSSR count). The first-order valence-corrected chi connectivity index (χ1v) is 5.18. The maximum Gasteiger partial charge on any atom is 0.220 e. The molecule has 1 heterocycles. The fraction of sp³-hybridized carbons (Fsp3) is 0.300. The fourth-order valence-corrected chi connectivity index (χ4v) is 1.85. The van der Waals surface area contributed by atoms with Gasteiger partial charge in [0.2, 0.25) is 5.91 Å². The summed E-state index contributed by atoms with van der Waals surface area (Å²) in [5.74, 6) is -0.120. The minimum atomic E-state index is -0.276. The number of rotatable bonds is 1. The van der Waals surface area contributed by atoms with E-state index in [-0.39, 0.29) is 17.6 Å². The van der Waals surface area contributed by atoms with E-state index < -0.39 is 0 Å². The van der Waals surface area contributed by atoms with Crippen LogP contribution in [0.4, 0.5) is 4.39 Å². The van der Waals surface area contributed by atoms with E-state index in [1.807, 2.05) is 6.07 Å². The van der Waals surface area contributed by atoms with Crippen molar-refractivity contribution >= 4 is 21.8 Å². The summed E-state index contributed by atoms with van der Waals surface area (Å²) in [5.41, 5.74) is 0.879. The Hall–Kier alpha value is -0.900. The molecule has 1 aliphatic rings. The number of halogens is 2. The van der Waals surface area contributed by atoms with E-state index in [9.17, 15) is 9.18 Å². The van der Waals surface area contributed by atoms with Crippen LogP contribution in [0.2, 0.25) is 0 Å². The molecule has 1 fully saturated rings. The molecule has 1 unspecified atom stereocenters. The average Bonchev–Trinajstić information content (AvgIpc) is 2.57. The second kappa shape index (κ2) is 3.69. The minimum absolute atomic E-state index is 0.0401. The molecule has 1 aromatic rings. The van der Waals surface area contributed by atoms with E-state index >= 15 is 0 Å². The zero-order chi connectivity index (χ0) is 10.1. The van der Waals surface area contributed by atoms with Gasteiger partial charge in [-0.1, -0.05) is 6.07 Å². The van der Waals surface area contributed by atoms with Gasteiger partial charge in [0, 0.05) is 18.9 Å². The van der Waals surface area contributed by atoms with E-state index in [1.54, 1.807) is 6.07 Å². The molecule has 1 N–H and O–H groups in total. The number of hydrogen-bond acceptors (Lipinski definition) is 1. The van der Waals surface area contributed by atoms with Gasteiger partial charge in [0.1, 0.15) is 5.82 Å². The van der Waals surface area contributed by atoms with Gasteiger partial charge in [-0.15, -0.1) is 0 Å². The Bertz CT molecular complexity index is 380. The van der Waals surface area contributed by atoms with Gasteiger partial charge < -0.3 is 5.32 Å². The van der Waals surface area contributed by atoms with Gasteiger partial charge in [-0.2, -0.15) is 0 Å². The first-order chi connectivity index (χ1) is 6.66. The Morgan fingerprint density at radius 2 is 2.29 bits per heavy atom. The highest BCUT2D eigenvalue weighted by Crippen LogP contribution is 2.26. The van der Waals surface area contributed by atoms with Crippen molar-refractivity contribution in [3.05, 3.63) is 34.1 Å². The quantitative estimate of drug-likeness (QED) is 0.821. The van der Waals surface area contributed by atoms with Gasteiger partial charge in [-0.3, -0.25) is 4.79 Å². The highest BCUT2D eigenvalue weighted by molar-refractivity contribution is 9.10. The summed E-state index contributed by atoms with van der Waals surface area (Å²) in [7, 11) is 0. The molecule has 1 saturated heterocycles. The topological polar surface area (TPSA) is 29.1 Å². The van der Waals surface area contributed by atoms with E-state index in [2.05, 4.69) is 21.2 Å². The van der Waals surface area contributed by atoms with Crippen molar-refractivity contribution in [3.63, 3.8) is 0 Å². The lowest BCUT2D eigenvalue weighted by atomic mass is 9.98. The van der Waals surface area contributed by atoms with E-state index in [0.717, 1.165) is 5.56 Å². The molecule has 14 heavy (non-hydrogen) atoms. The number of benzene rings is 1. The molecular weight excluding hydrogens is 249 g/mol. The van der Waals surface area contributed by atoms with Crippen molar-refractivity contribution in [2.45, 2.75) is 12.3 Å². The van der Waals surface area contributed by atoms with Gasteiger partial charge >= 0.3 is 0 Å². The molecule has 1 aliphatic heterocycles. The lowest BCUT2D eigenvalue weighted by molar-refractivity contribution is -0.119. The van der Waals surface area contributed by atoms with E-state index in [1.165, 1.54) is 6.07 Å². The number of hydrogen-bond donors (Lipinski definition) is 1. The lowest BCUT2D eigenvalue weighted by Gasteiger charge is -2.07. The van der Waals surface area contributed by atoms with Crippen LogP contribution < -0.4 is 5.32 Å². The van der Waals surface area contributed by atoms with Crippen molar-refractivity contribution in [2.75, 3.05) is 6.54 Å². The highest BCUT2D eigenvalue weighted by Gasteiger charge is 2.23. The van der Waals surface area contributed by atoms with Crippen LogP contribution >= 0.6 is 15.9 Å². The fourth-order valence-electron chi connectivity index (χ4n) is 1.61. The Balaban J connectivity index is 2.24. The predicted octanol–water partition coefficient (Wildman–Crippen LogP) is 2.19. The average molecular weight is 258 g/mol. The molecule has 0 saturated carbocycles. The maximum absolute atomic E-state index is 13.2. The molecule has 1 aromatic carbocycles. The predicted molar refractivity (Wildman–Crippen MR) is 54.5 cm³/mol. The van der Waals surface area contributed by atoms with Crippen LogP contribution in [0.5, 0.6) is 0 Å². The number of nitrogens with one attached hydrogen (secondary N) is 1. The summed E-state index contributed by atoms with van der Waals surface area (Å²) < 4.78 is 13.6. The Morgan fingerprint density at radius 1 is 1.50 bits per heavy atom. The first kappa shape index (κ1) is 9.65. The third-order valence-electron chi connectivity index (χ3n) is 2.39. The summed E-state index contributed by atoms with van der Waals surface area (Å²) >= 11 is 3.09. The minimum Gasteiger partial charge on any atom is -0.355 e. The normalized spacial score (nSPS) is 21.0.